The number of aryl methyl sites for hydroxylation is 1. The van der Waals surface area contributed by atoms with Gasteiger partial charge in [0.1, 0.15) is 10.6 Å². The molecule has 0 aliphatic rings. The van der Waals surface area contributed by atoms with E-state index in [1.54, 1.807) is 24.3 Å². The van der Waals surface area contributed by atoms with Crippen LogP contribution in [0.25, 0.3) is 5.52 Å². The monoisotopic (exact) mass is 498 g/mol. The van der Waals surface area contributed by atoms with Crippen LogP contribution in [0.15, 0.2) is 64.6 Å². The fourth-order valence-corrected chi connectivity index (χ4v) is 6.25. The second-order valence-electron chi connectivity index (χ2n) is 9.26. The number of ether oxygens (including phenoxy) is 1. The molecule has 0 unspecified atom stereocenters. The van der Waals surface area contributed by atoms with Crippen LogP contribution in [0.3, 0.4) is 0 Å². The highest BCUT2D eigenvalue weighted by Crippen LogP contribution is 2.31. The van der Waals surface area contributed by atoms with E-state index in [9.17, 15) is 8.42 Å². The molecule has 0 aliphatic carbocycles. The smallest absolute Gasteiger partial charge is 0.208 e. The molecule has 0 saturated carbocycles. The SMILES string of the molecule is CCCCCN(CCCCC)CCCOc1ccc(S(=O)(=O)c2c(CC)cn3ccccc23)cc1. The highest BCUT2D eigenvalue weighted by atomic mass is 32.2. The third-order valence-electron chi connectivity index (χ3n) is 6.54. The molecule has 1 aromatic carbocycles. The molecule has 2 heterocycles. The van der Waals surface area contributed by atoms with Gasteiger partial charge in [0.15, 0.2) is 0 Å². The molecule has 35 heavy (non-hydrogen) atoms. The Kier molecular flexibility index (Phi) is 10.7. The third-order valence-corrected chi connectivity index (χ3v) is 8.44. The maximum atomic E-state index is 13.5. The van der Waals surface area contributed by atoms with Crippen LogP contribution in [0.4, 0.5) is 0 Å². The van der Waals surface area contributed by atoms with E-state index in [0.29, 0.717) is 34.1 Å². The standard InChI is InChI=1S/C29H42N2O3S/c1-4-7-10-19-30(20-11-8-5-2)21-13-23-34-26-15-17-27(18-16-26)35(32,33)29-25(6-3)24-31-22-12-9-14-28(29)31/h9,12,14-18,22,24H,4-8,10-11,13,19-21,23H2,1-3H3. The number of hydrogen-bond donors (Lipinski definition) is 0. The van der Waals surface area contributed by atoms with E-state index in [2.05, 4.69) is 18.7 Å². The lowest BCUT2D eigenvalue weighted by Gasteiger charge is -2.22. The fraction of sp³-hybridized carbons (Fsp3) is 0.517. The van der Waals surface area contributed by atoms with Gasteiger partial charge in [-0.15, -0.1) is 0 Å². The van der Waals surface area contributed by atoms with Crippen molar-refractivity contribution in [2.45, 2.75) is 81.9 Å². The first-order valence-electron chi connectivity index (χ1n) is 13.3. The lowest BCUT2D eigenvalue weighted by atomic mass is 10.2. The summed E-state index contributed by atoms with van der Waals surface area (Å²) in [5.74, 6) is 0.713. The van der Waals surface area contributed by atoms with E-state index in [0.717, 1.165) is 18.5 Å². The van der Waals surface area contributed by atoms with Gasteiger partial charge in [0.25, 0.3) is 0 Å². The summed E-state index contributed by atoms with van der Waals surface area (Å²) in [4.78, 5) is 3.27. The minimum absolute atomic E-state index is 0.300. The van der Waals surface area contributed by atoms with Gasteiger partial charge in [-0.2, -0.15) is 0 Å². The van der Waals surface area contributed by atoms with Crippen LogP contribution in [0.1, 0.15) is 71.3 Å². The second kappa shape index (κ2) is 13.7. The number of sulfone groups is 1. The van der Waals surface area contributed by atoms with E-state index in [1.165, 1.54) is 51.6 Å². The van der Waals surface area contributed by atoms with Gasteiger partial charge in [0, 0.05) is 18.9 Å². The predicted molar refractivity (Wildman–Crippen MR) is 144 cm³/mol. The molecule has 0 spiro atoms. The van der Waals surface area contributed by atoms with Gasteiger partial charge in [-0.25, -0.2) is 8.42 Å². The number of unbranched alkanes of at least 4 members (excludes halogenated alkanes) is 4. The van der Waals surface area contributed by atoms with Crippen LogP contribution in [-0.4, -0.2) is 44.0 Å². The molecule has 5 nitrogen and oxygen atoms in total. The lowest BCUT2D eigenvalue weighted by molar-refractivity contribution is 0.227. The van der Waals surface area contributed by atoms with Crippen molar-refractivity contribution in [3.8, 4) is 5.75 Å². The average molecular weight is 499 g/mol. The van der Waals surface area contributed by atoms with Gasteiger partial charge in [0.05, 0.1) is 17.0 Å². The predicted octanol–water partition coefficient (Wildman–Crippen LogP) is 6.79. The highest BCUT2D eigenvalue weighted by molar-refractivity contribution is 7.91. The summed E-state index contributed by atoms with van der Waals surface area (Å²) >= 11 is 0. The summed E-state index contributed by atoms with van der Waals surface area (Å²) in [6.07, 6.45) is 13.0. The number of aromatic nitrogens is 1. The Morgan fingerprint density at radius 2 is 1.49 bits per heavy atom. The van der Waals surface area contributed by atoms with Crippen LogP contribution in [0, 0.1) is 0 Å². The molecule has 192 valence electrons. The van der Waals surface area contributed by atoms with Crippen molar-refractivity contribution >= 4 is 15.4 Å². The van der Waals surface area contributed by atoms with Crippen LogP contribution in [0.2, 0.25) is 0 Å². The van der Waals surface area contributed by atoms with Crippen molar-refractivity contribution in [1.82, 2.24) is 9.30 Å². The molecule has 3 aromatic rings. The maximum Gasteiger partial charge on any atom is 0.208 e. The van der Waals surface area contributed by atoms with Crippen molar-refractivity contribution in [2.24, 2.45) is 0 Å². The largest absolute Gasteiger partial charge is 0.494 e. The molecule has 0 amide bonds. The normalized spacial score (nSPS) is 12.0. The van der Waals surface area contributed by atoms with Crippen LogP contribution >= 0.6 is 0 Å². The van der Waals surface area contributed by atoms with Crippen molar-refractivity contribution in [1.29, 1.82) is 0 Å². The van der Waals surface area contributed by atoms with Crippen LogP contribution < -0.4 is 4.74 Å². The number of benzene rings is 1. The van der Waals surface area contributed by atoms with Gasteiger partial charge in [-0.05, 0) is 80.7 Å². The van der Waals surface area contributed by atoms with Crippen molar-refractivity contribution < 1.29 is 13.2 Å². The summed E-state index contributed by atoms with van der Waals surface area (Å²) in [5.41, 5.74) is 1.55. The second-order valence-corrected chi connectivity index (χ2v) is 11.1. The Morgan fingerprint density at radius 1 is 0.829 bits per heavy atom. The summed E-state index contributed by atoms with van der Waals surface area (Å²) in [5, 5.41) is 0. The number of rotatable bonds is 16. The molecular formula is C29H42N2O3S. The topological polar surface area (TPSA) is 51.0 Å². The quantitative estimate of drug-likeness (QED) is 0.204. The molecule has 0 atom stereocenters. The molecule has 0 saturated heterocycles. The van der Waals surface area contributed by atoms with E-state index in [1.807, 2.05) is 41.9 Å². The van der Waals surface area contributed by atoms with E-state index in [4.69, 9.17) is 4.74 Å². The van der Waals surface area contributed by atoms with Crippen molar-refractivity contribution in [3.05, 3.63) is 60.4 Å². The van der Waals surface area contributed by atoms with E-state index in [-0.39, 0.29) is 0 Å². The van der Waals surface area contributed by atoms with Gasteiger partial charge in [-0.1, -0.05) is 52.5 Å². The van der Waals surface area contributed by atoms with E-state index < -0.39 is 9.84 Å². The molecule has 0 radical (unpaired) electrons. The fourth-order valence-electron chi connectivity index (χ4n) is 4.53. The Morgan fingerprint density at radius 3 is 2.11 bits per heavy atom. The van der Waals surface area contributed by atoms with Crippen LogP contribution in [0.5, 0.6) is 5.75 Å². The molecule has 0 aliphatic heterocycles. The molecule has 3 rings (SSSR count). The molecule has 0 fully saturated rings. The number of hydrogen-bond acceptors (Lipinski definition) is 4. The minimum Gasteiger partial charge on any atom is -0.494 e. The zero-order valence-electron chi connectivity index (χ0n) is 21.7. The molecular weight excluding hydrogens is 456 g/mol. The molecule has 0 N–H and O–H groups in total. The van der Waals surface area contributed by atoms with E-state index >= 15 is 0 Å². The van der Waals surface area contributed by atoms with Gasteiger partial charge < -0.3 is 14.0 Å². The molecule has 0 bridgehead atoms. The Bertz CT molecular complexity index is 1130. The Labute approximate surface area is 212 Å². The van der Waals surface area contributed by atoms with Gasteiger partial charge >= 0.3 is 0 Å². The molecule has 2 aromatic heterocycles. The average Bonchev–Trinajstić information content (AvgIpc) is 3.26. The first kappa shape index (κ1) is 27.3. The maximum absolute atomic E-state index is 13.5. The minimum atomic E-state index is -3.62. The molecule has 6 heteroatoms. The van der Waals surface area contributed by atoms with Crippen LogP contribution in [-0.2, 0) is 16.3 Å². The highest BCUT2D eigenvalue weighted by Gasteiger charge is 2.25. The third kappa shape index (κ3) is 7.34. The van der Waals surface area contributed by atoms with Gasteiger partial charge in [0.2, 0.25) is 9.84 Å². The first-order valence-corrected chi connectivity index (χ1v) is 14.8. The first-order chi connectivity index (χ1) is 17.0. The zero-order valence-corrected chi connectivity index (χ0v) is 22.5. The number of pyridine rings is 1. The number of nitrogens with zero attached hydrogens (tertiary/aromatic N) is 2. The van der Waals surface area contributed by atoms with Crippen molar-refractivity contribution in [3.63, 3.8) is 0 Å². The number of fused-ring (bicyclic) bond motifs is 1. The summed E-state index contributed by atoms with van der Waals surface area (Å²) < 4.78 is 34.8. The lowest BCUT2D eigenvalue weighted by Crippen LogP contribution is -2.28. The van der Waals surface area contributed by atoms with Crippen molar-refractivity contribution in [2.75, 3.05) is 26.2 Å². The van der Waals surface area contributed by atoms with Gasteiger partial charge in [-0.3, -0.25) is 0 Å². The zero-order chi connectivity index (χ0) is 25.1. The summed E-state index contributed by atoms with van der Waals surface area (Å²) in [6.45, 7) is 10.5. The summed E-state index contributed by atoms with van der Waals surface area (Å²) in [6, 6.07) is 12.5. The Balaban J connectivity index is 1.59. The Hall–Kier alpha value is -2.31. The summed E-state index contributed by atoms with van der Waals surface area (Å²) in [7, 11) is -3.62.